The third-order valence-electron chi connectivity index (χ3n) is 5.89. The molecule has 1 N–H and O–H groups in total. The summed E-state index contributed by atoms with van der Waals surface area (Å²) < 4.78 is 27.6. The number of benzodiazepines with no additional fused rings is 1. The molecule has 1 aliphatic rings. The van der Waals surface area contributed by atoms with Gasteiger partial charge >= 0.3 is 0 Å². The number of halogens is 2. The Hall–Kier alpha value is -2.72. The number of nitrogens with one attached hydrogen (secondary N) is 1. The zero-order chi connectivity index (χ0) is 26.0. The Bertz CT molecular complexity index is 1440. The molecule has 4 rings (SSSR count). The second-order valence-corrected chi connectivity index (χ2v) is 12.4. The third-order valence-corrected chi connectivity index (χ3v) is 9.22. The van der Waals surface area contributed by atoms with E-state index in [4.69, 9.17) is 28.2 Å². The van der Waals surface area contributed by atoms with Crippen LogP contribution < -0.4 is 9.62 Å². The summed E-state index contributed by atoms with van der Waals surface area (Å²) in [6.07, 6.45) is 0.673. The highest BCUT2D eigenvalue weighted by molar-refractivity contribution is 7.92. The van der Waals surface area contributed by atoms with Gasteiger partial charge in [0.25, 0.3) is 21.8 Å². The number of aliphatic imine (C=N–C) groups is 1. The summed E-state index contributed by atoms with van der Waals surface area (Å²) in [5.74, 6) is -1.39. The van der Waals surface area contributed by atoms with E-state index < -0.39 is 34.4 Å². The second kappa shape index (κ2) is 10.7. The predicted octanol–water partition coefficient (Wildman–Crippen LogP) is 5.16. The van der Waals surface area contributed by atoms with Gasteiger partial charge in [0.1, 0.15) is 16.8 Å². The predicted molar refractivity (Wildman–Crippen MR) is 144 cm³/mol. The highest BCUT2D eigenvalue weighted by atomic mass is 35.5. The maximum atomic E-state index is 13.8. The fourth-order valence-corrected chi connectivity index (χ4v) is 6.51. The highest BCUT2D eigenvalue weighted by Crippen LogP contribution is 2.33. The maximum Gasteiger partial charge on any atom is 0.273 e. The molecule has 3 aromatic rings. The number of rotatable bonds is 7. The Balaban J connectivity index is 1.77. The molecule has 0 bridgehead atoms. The van der Waals surface area contributed by atoms with Gasteiger partial charge in [0.05, 0.1) is 15.7 Å². The molecule has 0 aliphatic carbocycles. The third kappa shape index (κ3) is 5.49. The molecule has 2 aromatic carbocycles. The van der Waals surface area contributed by atoms with Gasteiger partial charge in [-0.3, -0.25) is 14.6 Å². The molecule has 0 radical (unpaired) electrons. The lowest BCUT2D eigenvalue weighted by Gasteiger charge is -2.26. The molecule has 2 atom stereocenters. The van der Waals surface area contributed by atoms with E-state index in [-0.39, 0.29) is 14.5 Å². The number of anilines is 1. The number of thiophene rings is 1. The molecule has 11 heteroatoms. The van der Waals surface area contributed by atoms with Crippen LogP contribution in [-0.4, -0.2) is 38.5 Å². The molecule has 2 heterocycles. The standard InChI is InChI=1S/C25H23Cl2N3O4S2/c1-3-15(2)23-25(32)30(14-21(31)29-36(33,34)22-12-11-20(27)35-22)19-10-9-17(26)13-18(19)24(28-23)16-7-5-4-6-8-16/h4-13,15,23H,3,14H2,1-2H3,(H,29,31)/t15?,23-/m0/s1. The van der Waals surface area contributed by atoms with Crippen LogP contribution in [0.3, 0.4) is 0 Å². The molecule has 1 unspecified atom stereocenters. The minimum atomic E-state index is -4.14. The summed E-state index contributed by atoms with van der Waals surface area (Å²) in [6, 6.07) is 16.4. The van der Waals surface area contributed by atoms with Gasteiger partial charge in [-0.15, -0.1) is 11.3 Å². The largest absolute Gasteiger partial charge is 0.300 e. The van der Waals surface area contributed by atoms with Crippen molar-refractivity contribution in [3.05, 3.63) is 81.1 Å². The van der Waals surface area contributed by atoms with E-state index in [9.17, 15) is 18.0 Å². The van der Waals surface area contributed by atoms with Crippen molar-refractivity contribution in [2.75, 3.05) is 11.4 Å². The minimum absolute atomic E-state index is 0.0950. The molecule has 1 aromatic heterocycles. The molecule has 36 heavy (non-hydrogen) atoms. The van der Waals surface area contributed by atoms with Crippen molar-refractivity contribution >= 4 is 67.8 Å². The van der Waals surface area contributed by atoms with Crippen molar-refractivity contribution in [1.82, 2.24) is 4.72 Å². The molecule has 2 amide bonds. The summed E-state index contributed by atoms with van der Waals surface area (Å²) in [5.41, 5.74) is 2.37. The van der Waals surface area contributed by atoms with Crippen LogP contribution in [0.1, 0.15) is 31.4 Å². The van der Waals surface area contributed by atoms with E-state index in [1.807, 2.05) is 48.9 Å². The number of nitrogens with zero attached hydrogens (tertiary/aromatic N) is 2. The van der Waals surface area contributed by atoms with Gasteiger partial charge in [-0.1, -0.05) is 73.8 Å². The van der Waals surface area contributed by atoms with Gasteiger partial charge < -0.3 is 4.90 Å². The van der Waals surface area contributed by atoms with Gasteiger partial charge in [-0.25, -0.2) is 13.1 Å². The monoisotopic (exact) mass is 563 g/mol. The summed E-state index contributed by atoms with van der Waals surface area (Å²) in [5, 5.41) is 0.438. The van der Waals surface area contributed by atoms with Gasteiger partial charge in [0, 0.05) is 16.1 Å². The lowest BCUT2D eigenvalue weighted by atomic mass is 9.98. The summed E-state index contributed by atoms with van der Waals surface area (Å²) in [7, 11) is -4.14. The van der Waals surface area contributed by atoms with Crippen molar-refractivity contribution in [3.8, 4) is 0 Å². The molecule has 1 aliphatic heterocycles. The number of benzene rings is 2. The Kier molecular flexibility index (Phi) is 7.85. The number of carbonyl (C=O) groups excluding carboxylic acids is 2. The van der Waals surface area contributed by atoms with Gasteiger partial charge in [0.15, 0.2) is 0 Å². The van der Waals surface area contributed by atoms with Crippen LogP contribution in [0.2, 0.25) is 9.36 Å². The number of carbonyl (C=O) groups is 2. The normalized spacial score (nSPS) is 16.7. The first kappa shape index (κ1) is 26.3. The molecular weight excluding hydrogens is 541 g/mol. The number of sulfonamides is 1. The van der Waals surface area contributed by atoms with Gasteiger partial charge in [-0.2, -0.15) is 0 Å². The quantitative estimate of drug-likeness (QED) is 0.429. The first-order valence-electron chi connectivity index (χ1n) is 11.2. The maximum absolute atomic E-state index is 13.8. The zero-order valence-electron chi connectivity index (χ0n) is 19.4. The van der Waals surface area contributed by atoms with E-state index >= 15 is 0 Å². The van der Waals surface area contributed by atoms with Crippen LogP contribution in [0.25, 0.3) is 0 Å². The van der Waals surface area contributed by atoms with E-state index in [2.05, 4.69) is 0 Å². The van der Waals surface area contributed by atoms with E-state index in [0.29, 0.717) is 28.4 Å². The first-order valence-corrected chi connectivity index (χ1v) is 14.2. The number of hydrogen-bond donors (Lipinski definition) is 1. The molecule has 0 spiro atoms. The number of hydrogen-bond acceptors (Lipinski definition) is 6. The Labute approximate surface area is 223 Å². The first-order chi connectivity index (χ1) is 17.1. The number of amides is 2. The molecular formula is C25H23Cl2N3O4S2. The average Bonchev–Trinajstić information content (AvgIpc) is 3.26. The fraction of sp³-hybridized carbons (Fsp3) is 0.240. The van der Waals surface area contributed by atoms with Crippen molar-refractivity contribution < 1.29 is 18.0 Å². The average molecular weight is 565 g/mol. The molecule has 7 nitrogen and oxygen atoms in total. The Morgan fingerprint density at radius 3 is 2.50 bits per heavy atom. The molecule has 0 saturated carbocycles. The topological polar surface area (TPSA) is 95.9 Å². The summed E-state index contributed by atoms with van der Waals surface area (Å²) in [6.45, 7) is 3.36. The lowest BCUT2D eigenvalue weighted by Crippen LogP contribution is -2.47. The van der Waals surface area contributed by atoms with Crippen LogP contribution >= 0.6 is 34.5 Å². The smallest absolute Gasteiger partial charge is 0.273 e. The Morgan fingerprint density at radius 2 is 1.86 bits per heavy atom. The van der Waals surface area contributed by atoms with Crippen LogP contribution in [0.4, 0.5) is 5.69 Å². The van der Waals surface area contributed by atoms with E-state index in [0.717, 1.165) is 16.9 Å². The second-order valence-electron chi connectivity index (χ2n) is 8.35. The van der Waals surface area contributed by atoms with Crippen molar-refractivity contribution in [3.63, 3.8) is 0 Å². The molecule has 0 saturated heterocycles. The minimum Gasteiger partial charge on any atom is -0.300 e. The highest BCUT2D eigenvalue weighted by Gasteiger charge is 2.36. The van der Waals surface area contributed by atoms with E-state index in [1.54, 1.807) is 18.2 Å². The van der Waals surface area contributed by atoms with Crippen molar-refractivity contribution in [1.29, 1.82) is 0 Å². The van der Waals surface area contributed by atoms with Gasteiger partial charge in [-0.05, 0) is 36.2 Å². The SMILES string of the molecule is CCC(C)[C@@H]1N=C(c2ccccc2)c2cc(Cl)ccc2N(CC(=O)NS(=O)(=O)c2ccc(Cl)s2)C1=O. The zero-order valence-corrected chi connectivity index (χ0v) is 22.6. The Morgan fingerprint density at radius 1 is 1.14 bits per heavy atom. The molecule has 0 fully saturated rings. The van der Waals surface area contributed by atoms with Crippen LogP contribution in [-0.2, 0) is 19.6 Å². The van der Waals surface area contributed by atoms with Crippen LogP contribution in [0, 0.1) is 5.92 Å². The van der Waals surface area contributed by atoms with Crippen molar-refractivity contribution in [2.45, 2.75) is 30.5 Å². The van der Waals surface area contributed by atoms with E-state index in [1.165, 1.54) is 17.0 Å². The molecule has 188 valence electrons. The number of fused-ring (bicyclic) bond motifs is 1. The van der Waals surface area contributed by atoms with Gasteiger partial charge in [0.2, 0.25) is 0 Å². The lowest BCUT2D eigenvalue weighted by molar-refractivity contribution is -0.124. The summed E-state index contributed by atoms with van der Waals surface area (Å²) >= 11 is 13.0. The fourth-order valence-electron chi connectivity index (χ4n) is 3.88. The summed E-state index contributed by atoms with van der Waals surface area (Å²) in [4.78, 5) is 32.9. The van der Waals surface area contributed by atoms with Crippen LogP contribution in [0.5, 0.6) is 0 Å². The van der Waals surface area contributed by atoms with Crippen LogP contribution in [0.15, 0.2) is 69.9 Å². The van der Waals surface area contributed by atoms with Crippen molar-refractivity contribution in [2.24, 2.45) is 10.9 Å².